The van der Waals surface area contributed by atoms with Gasteiger partial charge in [0.25, 0.3) is 0 Å². The number of aryl methyl sites for hydroxylation is 3. The predicted octanol–water partition coefficient (Wildman–Crippen LogP) is 3.72. The van der Waals surface area contributed by atoms with E-state index in [-0.39, 0.29) is 6.04 Å². The van der Waals surface area contributed by atoms with Crippen molar-refractivity contribution in [3.05, 3.63) is 65.4 Å². The van der Waals surface area contributed by atoms with Gasteiger partial charge in [-0.05, 0) is 62.6 Å². The molecule has 4 rings (SSSR count). The van der Waals surface area contributed by atoms with Gasteiger partial charge in [-0.3, -0.25) is 4.98 Å². The highest BCUT2D eigenvalue weighted by Gasteiger charge is 2.29. The van der Waals surface area contributed by atoms with Gasteiger partial charge in [-0.1, -0.05) is 23.8 Å². The Morgan fingerprint density at radius 3 is 2.57 bits per heavy atom. The quantitative estimate of drug-likeness (QED) is 0.731. The van der Waals surface area contributed by atoms with Gasteiger partial charge in [0.05, 0.1) is 10.4 Å². The van der Waals surface area contributed by atoms with Gasteiger partial charge in [-0.15, -0.1) is 0 Å². The van der Waals surface area contributed by atoms with E-state index in [4.69, 9.17) is 0 Å². The van der Waals surface area contributed by atoms with E-state index >= 15 is 0 Å². The SMILES string of the molecule is Cc1cc(C)c(S(=O)(=O)NC2CCN(c3cccc4ncccc34)C2)c(C)c1. The van der Waals surface area contributed by atoms with E-state index in [9.17, 15) is 8.42 Å². The third-order valence-corrected chi connectivity index (χ3v) is 7.17. The molecule has 0 saturated carbocycles. The molecule has 28 heavy (non-hydrogen) atoms. The van der Waals surface area contributed by atoms with Crippen molar-refractivity contribution in [2.24, 2.45) is 0 Å². The Hall–Kier alpha value is -2.44. The number of aromatic nitrogens is 1. The van der Waals surface area contributed by atoms with Crippen LogP contribution in [-0.2, 0) is 10.0 Å². The molecule has 3 aromatic rings. The van der Waals surface area contributed by atoms with Gasteiger partial charge in [0, 0.05) is 36.4 Å². The molecule has 1 aliphatic rings. The van der Waals surface area contributed by atoms with Gasteiger partial charge in [0.1, 0.15) is 0 Å². The lowest BCUT2D eigenvalue weighted by Crippen LogP contribution is -2.37. The number of sulfonamides is 1. The van der Waals surface area contributed by atoms with Gasteiger partial charge in [-0.25, -0.2) is 13.1 Å². The molecule has 0 radical (unpaired) electrons. The van der Waals surface area contributed by atoms with Crippen molar-refractivity contribution in [1.82, 2.24) is 9.71 Å². The molecule has 6 heteroatoms. The van der Waals surface area contributed by atoms with Gasteiger partial charge in [0.2, 0.25) is 10.0 Å². The lowest BCUT2D eigenvalue weighted by molar-refractivity contribution is 0.560. The summed E-state index contributed by atoms with van der Waals surface area (Å²) in [6.07, 6.45) is 2.57. The molecule has 0 bridgehead atoms. The smallest absolute Gasteiger partial charge is 0.241 e. The Bertz CT molecular complexity index is 1110. The second-order valence-corrected chi connectivity index (χ2v) is 9.28. The minimum atomic E-state index is -3.56. The summed E-state index contributed by atoms with van der Waals surface area (Å²) in [4.78, 5) is 7.07. The molecule has 0 amide bonds. The van der Waals surface area contributed by atoms with Crippen LogP contribution in [-0.4, -0.2) is 32.5 Å². The molecule has 1 unspecified atom stereocenters. The molecule has 1 aromatic heterocycles. The molecule has 2 aromatic carbocycles. The van der Waals surface area contributed by atoms with Crippen LogP contribution in [0.3, 0.4) is 0 Å². The first kappa shape index (κ1) is 18.9. The number of nitrogens with one attached hydrogen (secondary N) is 1. The van der Waals surface area contributed by atoms with Crippen molar-refractivity contribution in [2.75, 3.05) is 18.0 Å². The van der Waals surface area contributed by atoms with Crippen molar-refractivity contribution >= 4 is 26.6 Å². The fourth-order valence-electron chi connectivity index (χ4n) is 4.31. The maximum absolute atomic E-state index is 13.1. The highest BCUT2D eigenvalue weighted by Crippen LogP contribution is 2.29. The molecule has 1 N–H and O–H groups in total. The van der Waals surface area contributed by atoms with Crippen LogP contribution >= 0.6 is 0 Å². The van der Waals surface area contributed by atoms with Crippen LogP contribution in [0.15, 0.2) is 53.6 Å². The molecule has 5 nitrogen and oxygen atoms in total. The average molecular weight is 396 g/mol. The number of hydrogen-bond acceptors (Lipinski definition) is 4. The molecule has 1 fully saturated rings. The number of pyridine rings is 1. The summed E-state index contributed by atoms with van der Waals surface area (Å²) in [5, 5.41) is 1.10. The lowest BCUT2D eigenvalue weighted by Gasteiger charge is -2.21. The first-order valence-electron chi connectivity index (χ1n) is 9.54. The van der Waals surface area contributed by atoms with Crippen molar-refractivity contribution < 1.29 is 8.42 Å². The van der Waals surface area contributed by atoms with Crippen molar-refractivity contribution in [3.63, 3.8) is 0 Å². The van der Waals surface area contributed by atoms with Gasteiger partial charge in [-0.2, -0.15) is 0 Å². The Balaban J connectivity index is 1.57. The number of nitrogens with zero attached hydrogens (tertiary/aromatic N) is 2. The Morgan fingerprint density at radius 2 is 1.82 bits per heavy atom. The summed E-state index contributed by atoms with van der Waals surface area (Å²) in [6.45, 7) is 7.17. The molecule has 146 valence electrons. The monoisotopic (exact) mass is 395 g/mol. The maximum atomic E-state index is 13.1. The Morgan fingerprint density at radius 1 is 1.07 bits per heavy atom. The van der Waals surface area contributed by atoms with Crippen molar-refractivity contribution in [3.8, 4) is 0 Å². The second-order valence-electron chi connectivity index (χ2n) is 7.63. The van der Waals surface area contributed by atoms with Crippen molar-refractivity contribution in [1.29, 1.82) is 0 Å². The molecule has 0 aliphatic carbocycles. The van der Waals surface area contributed by atoms with Crippen LogP contribution < -0.4 is 9.62 Å². The van der Waals surface area contributed by atoms with Gasteiger partial charge in [0.15, 0.2) is 0 Å². The molecular formula is C22H25N3O2S. The summed E-state index contributed by atoms with van der Waals surface area (Å²) in [5.74, 6) is 0. The van der Waals surface area contributed by atoms with E-state index in [1.54, 1.807) is 6.20 Å². The molecule has 1 aliphatic heterocycles. The van der Waals surface area contributed by atoms with Crippen LogP contribution in [0.1, 0.15) is 23.1 Å². The van der Waals surface area contributed by atoms with Crippen LogP contribution in [0, 0.1) is 20.8 Å². The zero-order valence-electron chi connectivity index (χ0n) is 16.4. The third-order valence-electron chi connectivity index (χ3n) is 5.35. The summed E-state index contributed by atoms with van der Waals surface area (Å²) in [7, 11) is -3.56. The van der Waals surface area contributed by atoms with E-state index in [0.717, 1.165) is 46.2 Å². The van der Waals surface area contributed by atoms with Crippen molar-refractivity contribution in [2.45, 2.75) is 38.1 Å². The number of fused-ring (bicyclic) bond motifs is 1. The fraction of sp³-hybridized carbons (Fsp3) is 0.318. The number of hydrogen-bond donors (Lipinski definition) is 1. The summed E-state index contributed by atoms with van der Waals surface area (Å²) in [5.41, 5.74) is 4.72. The normalized spacial score (nSPS) is 17.4. The minimum Gasteiger partial charge on any atom is -0.369 e. The maximum Gasteiger partial charge on any atom is 0.241 e. The standard InChI is InChI=1S/C22H25N3O2S/c1-15-12-16(2)22(17(3)13-15)28(26,27)24-18-9-11-25(14-18)21-8-4-7-20-19(21)6-5-10-23-20/h4-8,10,12-13,18,24H,9,11,14H2,1-3H3. The third kappa shape index (κ3) is 3.50. The van der Waals surface area contributed by atoms with Gasteiger partial charge >= 0.3 is 0 Å². The summed E-state index contributed by atoms with van der Waals surface area (Å²) in [6, 6.07) is 13.8. The largest absolute Gasteiger partial charge is 0.369 e. The Kier molecular flexibility index (Phi) is 4.85. The average Bonchev–Trinajstić information content (AvgIpc) is 3.07. The van der Waals surface area contributed by atoms with Crippen LogP contribution in [0.4, 0.5) is 5.69 Å². The number of rotatable bonds is 4. The highest BCUT2D eigenvalue weighted by molar-refractivity contribution is 7.89. The van der Waals surface area contributed by atoms with E-state index in [2.05, 4.69) is 26.7 Å². The highest BCUT2D eigenvalue weighted by atomic mass is 32.2. The second kappa shape index (κ2) is 7.18. The molecule has 0 spiro atoms. The van der Waals surface area contributed by atoms with Crippen LogP contribution in [0.2, 0.25) is 0 Å². The first-order valence-corrected chi connectivity index (χ1v) is 11.0. The summed E-state index contributed by atoms with van der Waals surface area (Å²) >= 11 is 0. The molecule has 1 atom stereocenters. The van der Waals surface area contributed by atoms with E-state index in [0.29, 0.717) is 11.4 Å². The first-order chi connectivity index (χ1) is 13.3. The summed E-state index contributed by atoms with van der Waals surface area (Å²) < 4.78 is 29.0. The van der Waals surface area contributed by atoms with E-state index < -0.39 is 10.0 Å². The zero-order valence-corrected chi connectivity index (χ0v) is 17.3. The zero-order chi connectivity index (χ0) is 19.9. The number of anilines is 1. The molecular weight excluding hydrogens is 370 g/mol. The van der Waals surface area contributed by atoms with Gasteiger partial charge < -0.3 is 4.90 Å². The van der Waals surface area contributed by atoms with E-state index in [1.165, 1.54) is 0 Å². The minimum absolute atomic E-state index is 0.114. The molecule has 2 heterocycles. The fourth-order valence-corrected chi connectivity index (χ4v) is 6.02. The number of benzene rings is 2. The van der Waals surface area contributed by atoms with Crippen LogP contribution in [0.25, 0.3) is 10.9 Å². The Labute approximate surface area is 166 Å². The van der Waals surface area contributed by atoms with E-state index in [1.807, 2.05) is 51.1 Å². The topological polar surface area (TPSA) is 62.3 Å². The lowest BCUT2D eigenvalue weighted by atomic mass is 10.1. The predicted molar refractivity (Wildman–Crippen MR) is 113 cm³/mol. The van der Waals surface area contributed by atoms with Crippen LogP contribution in [0.5, 0.6) is 0 Å². The molecule has 1 saturated heterocycles.